The van der Waals surface area contributed by atoms with Gasteiger partial charge in [0.25, 0.3) is 0 Å². The Labute approximate surface area is 73.1 Å². The molecule has 0 saturated heterocycles. The Hall–Kier alpha value is -0.260. The minimum absolute atomic E-state index is 0.144. The molecule has 0 aliphatic rings. The summed E-state index contributed by atoms with van der Waals surface area (Å²) in [4.78, 5) is 0. The molecule has 11 heavy (non-hydrogen) atoms. The zero-order valence-electron chi connectivity index (χ0n) is 6.85. The fourth-order valence-corrected chi connectivity index (χ4v) is 0.851. The molecular weight excluding hydrogens is 162 g/mol. The maximum absolute atomic E-state index is 8.55. The van der Waals surface area contributed by atoms with E-state index in [1.807, 2.05) is 6.92 Å². The number of hydrogen-bond donors (Lipinski definition) is 0. The van der Waals surface area contributed by atoms with E-state index in [4.69, 9.17) is 21.6 Å². The van der Waals surface area contributed by atoms with Crippen molar-refractivity contribution < 1.29 is 4.74 Å². The first-order chi connectivity index (χ1) is 5.35. The van der Waals surface area contributed by atoms with Crippen LogP contribution in [0.25, 0.3) is 0 Å². The van der Waals surface area contributed by atoms with E-state index in [1.165, 1.54) is 0 Å². The van der Waals surface area contributed by atoms with Gasteiger partial charge in [-0.2, -0.15) is 5.26 Å². The number of rotatable bonds is 6. The first-order valence-corrected chi connectivity index (χ1v) is 4.42. The Bertz CT molecular complexity index is 122. The van der Waals surface area contributed by atoms with E-state index in [9.17, 15) is 0 Å². The summed E-state index contributed by atoms with van der Waals surface area (Å²) in [6, 6.07) is 2.22. The molecule has 0 spiro atoms. The summed E-state index contributed by atoms with van der Waals surface area (Å²) >= 11 is 5.39. The van der Waals surface area contributed by atoms with Gasteiger partial charge in [0, 0.05) is 18.4 Å². The van der Waals surface area contributed by atoms with Crippen LogP contribution in [0.2, 0.25) is 0 Å². The van der Waals surface area contributed by atoms with Crippen molar-refractivity contribution in [2.24, 2.45) is 5.92 Å². The van der Waals surface area contributed by atoms with Crippen LogP contribution in [0.4, 0.5) is 0 Å². The van der Waals surface area contributed by atoms with Gasteiger partial charge in [-0.05, 0) is 12.8 Å². The number of halogens is 1. The maximum Gasteiger partial charge on any atom is 0.0656 e. The third-order valence-electron chi connectivity index (χ3n) is 1.51. The van der Waals surface area contributed by atoms with Crippen LogP contribution in [0.1, 0.15) is 19.8 Å². The van der Waals surface area contributed by atoms with Crippen LogP contribution in [-0.4, -0.2) is 19.1 Å². The van der Waals surface area contributed by atoms with Crippen molar-refractivity contribution in [1.82, 2.24) is 0 Å². The van der Waals surface area contributed by atoms with Crippen LogP contribution in [-0.2, 0) is 4.74 Å². The zero-order chi connectivity index (χ0) is 8.53. The van der Waals surface area contributed by atoms with E-state index in [0.717, 1.165) is 12.8 Å². The molecule has 0 aromatic rings. The van der Waals surface area contributed by atoms with Gasteiger partial charge in [-0.3, -0.25) is 0 Å². The standard InChI is InChI=1S/C8H14ClNO/c1-2-8(7-10)3-5-11-6-4-9/h8H,2-6H2,1H3. The van der Waals surface area contributed by atoms with E-state index in [-0.39, 0.29) is 5.92 Å². The molecule has 64 valence electrons. The summed E-state index contributed by atoms with van der Waals surface area (Å²) in [5.74, 6) is 0.675. The van der Waals surface area contributed by atoms with E-state index < -0.39 is 0 Å². The second-order valence-corrected chi connectivity index (χ2v) is 2.70. The number of nitrogens with zero attached hydrogens (tertiary/aromatic N) is 1. The lowest BCUT2D eigenvalue weighted by molar-refractivity contribution is 0.139. The SMILES string of the molecule is CCC(C#N)CCOCCCl. The summed E-state index contributed by atoms with van der Waals surface area (Å²) in [5.41, 5.74) is 0. The Balaban J connectivity index is 3.16. The predicted octanol–water partition coefficient (Wildman–Crippen LogP) is 2.18. The largest absolute Gasteiger partial charge is 0.380 e. The van der Waals surface area contributed by atoms with Gasteiger partial charge in [0.2, 0.25) is 0 Å². The molecule has 0 saturated carbocycles. The predicted molar refractivity (Wildman–Crippen MR) is 45.6 cm³/mol. The van der Waals surface area contributed by atoms with Crippen LogP contribution in [0.15, 0.2) is 0 Å². The first-order valence-electron chi connectivity index (χ1n) is 3.88. The van der Waals surface area contributed by atoms with Crippen LogP contribution < -0.4 is 0 Å². The fourth-order valence-electron chi connectivity index (χ4n) is 0.742. The summed E-state index contributed by atoms with van der Waals surface area (Å²) in [5, 5.41) is 8.55. The van der Waals surface area contributed by atoms with Crippen molar-refractivity contribution in [3.05, 3.63) is 0 Å². The zero-order valence-corrected chi connectivity index (χ0v) is 7.60. The molecular formula is C8H14ClNO. The third kappa shape index (κ3) is 6.15. The average molecular weight is 176 g/mol. The van der Waals surface area contributed by atoms with Gasteiger partial charge in [-0.25, -0.2) is 0 Å². The third-order valence-corrected chi connectivity index (χ3v) is 1.66. The number of nitriles is 1. The first kappa shape index (κ1) is 10.7. The molecule has 1 unspecified atom stereocenters. The normalized spacial score (nSPS) is 12.5. The highest BCUT2D eigenvalue weighted by molar-refractivity contribution is 6.17. The molecule has 0 bridgehead atoms. The molecule has 2 nitrogen and oxygen atoms in total. The highest BCUT2D eigenvalue weighted by atomic mass is 35.5. The van der Waals surface area contributed by atoms with Crippen molar-refractivity contribution in [3.8, 4) is 6.07 Å². The second-order valence-electron chi connectivity index (χ2n) is 2.32. The topological polar surface area (TPSA) is 33.0 Å². The monoisotopic (exact) mass is 175 g/mol. The van der Waals surface area contributed by atoms with Crippen LogP contribution in [0, 0.1) is 17.2 Å². The van der Waals surface area contributed by atoms with Gasteiger partial charge in [0.05, 0.1) is 12.7 Å². The lowest BCUT2D eigenvalue weighted by Gasteiger charge is -2.04. The van der Waals surface area contributed by atoms with Crippen LogP contribution in [0.3, 0.4) is 0 Å². The molecule has 0 aromatic carbocycles. The highest BCUT2D eigenvalue weighted by Crippen LogP contribution is 2.05. The lowest BCUT2D eigenvalue weighted by Crippen LogP contribution is -2.03. The van der Waals surface area contributed by atoms with Gasteiger partial charge in [0.15, 0.2) is 0 Å². The molecule has 0 heterocycles. The molecule has 0 aliphatic heterocycles. The molecule has 0 radical (unpaired) electrons. The summed E-state index contributed by atoms with van der Waals surface area (Å²) in [7, 11) is 0. The molecule has 1 atom stereocenters. The van der Waals surface area contributed by atoms with E-state index in [2.05, 4.69) is 6.07 Å². The minimum atomic E-state index is 0.144. The van der Waals surface area contributed by atoms with Crippen molar-refractivity contribution in [1.29, 1.82) is 5.26 Å². The van der Waals surface area contributed by atoms with E-state index >= 15 is 0 Å². The Morgan fingerprint density at radius 1 is 1.55 bits per heavy atom. The van der Waals surface area contributed by atoms with E-state index in [0.29, 0.717) is 19.1 Å². The molecule has 0 rings (SSSR count). The Morgan fingerprint density at radius 3 is 2.73 bits per heavy atom. The average Bonchev–Trinajstić information content (AvgIpc) is 2.05. The van der Waals surface area contributed by atoms with Gasteiger partial charge in [-0.1, -0.05) is 6.92 Å². The molecule has 0 aromatic heterocycles. The smallest absolute Gasteiger partial charge is 0.0656 e. The van der Waals surface area contributed by atoms with Gasteiger partial charge >= 0.3 is 0 Å². The molecule has 0 fully saturated rings. The minimum Gasteiger partial charge on any atom is -0.380 e. The maximum atomic E-state index is 8.55. The van der Waals surface area contributed by atoms with Crippen molar-refractivity contribution >= 4 is 11.6 Å². The Morgan fingerprint density at radius 2 is 2.27 bits per heavy atom. The molecule has 0 N–H and O–H groups in total. The summed E-state index contributed by atoms with van der Waals surface area (Å²) in [6.45, 7) is 3.25. The van der Waals surface area contributed by atoms with Crippen molar-refractivity contribution in [2.75, 3.05) is 19.1 Å². The molecule has 3 heteroatoms. The second kappa shape index (κ2) is 7.84. The van der Waals surface area contributed by atoms with Gasteiger partial charge < -0.3 is 4.74 Å². The number of ether oxygens (including phenoxy) is 1. The van der Waals surface area contributed by atoms with Crippen LogP contribution >= 0.6 is 11.6 Å². The Kier molecular flexibility index (Phi) is 7.66. The summed E-state index contributed by atoms with van der Waals surface area (Å²) in [6.07, 6.45) is 1.73. The number of alkyl halides is 1. The van der Waals surface area contributed by atoms with Crippen LogP contribution in [0.5, 0.6) is 0 Å². The van der Waals surface area contributed by atoms with Gasteiger partial charge in [0.1, 0.15) is 0 Å². The van der Waals surface area contributed by atoms with Gasteiger partial charge in [-0.15, -0.1) is 11.6 Å². The van der Waals surface area contributed by atoms with Crippen molar-refractivity contribution in [2.45, 2.75) is 19.8 Å². The summed E-state index contributed by atoms with van der Waals surface area (Å²) < 4.78 is 5.13. The number of hydrogen-bond acceptors (Lipinski definition) is 2. The fraction of sp³-hybridized carbons (Fsp3) is 0.875. The molecule has 0 aliphatic carbocycles. The van der Waals surface area contributed by atoms with E-state index in [1.54, 1.807) is 0 Å². The molecule has 0 amide bonds. The lowest BCUT2D eigenvalue weighted by atomic mass is 10.1. The van der Waals surface area contributed by atoms with Crippen molar-refractivity contribution in [3.63, 3.8) is 0 Å². The quantitative estimate of drug-likeness (QED) is 0.458. The highest BCUT2D eigenvalue weighted by Gasteiger charge is 2.02.